The Bertz CT molecular complexity index is 836. The average molecular weight is 334 g/mol. The van der Waals surface area contributed by atoms with Gasteiger partial charge in [0.2, 0.25) is 0 Å². The van der Waals surface area contributed by atoms with Crippen molar-refractivity contribution in [3.05, 3.63) is 72.6 Å². The summed E-state index contributed by atoms with van der Waals surface area (Å²) in [4.78, 5) is 20.4. The largest absolute Gasteiger partial charge is 0.494 e. The molecule has 3 rings (SSSR count). The van der Waals surface area contributed by atoms with E-state index in [1.807, 2.05) is 49.4 Å². The standard InChI is InChI=1S/C19H18N4O2/c1-2-25-16-10-8-15(9-11-16)22-17-12-18(21-13-20-17)23-19(24)14-6-4-3-5-7-14/h3-13H,2H2,1H3,(H2,20,21,22,23,24). The number of aromatic nitrogens is 2. The minimum Gasteiger partial charge on any atom is -0.494 e. The zero-order chi connectivity index (χ0) is 17.5. The summed E-state index contributed by atoms with van der Waals surface area (Å²) in [6.45, 7) is 2.57. The molecular weight excluding hydrogens is 316 g/mol. The van der Waals surface area contributed by atoms with Crippen LogP contribution in [0, 0.1) is 0 Å². The van der Waals surface area contributed by atoms with Gasteiger partial charge in [-0.1, -0.05) is 18.2 Å². The van der Waals surface area contributed by atoms with Gasteiger partial charge in [0, 0.05) is 17.3 Å². The molecule has 0 bridgehead atoms. The molecule has 0 saturated carbocycles. The number of nitrogens with one attached hydrogen (secondary N) is 2. The fourth-order valence-electron chi connectivity index (χ4n) is 2.22. The van der Waals surface area contributed by atoms with Crippen molar-refractivity contribution in [2.75, 3.05) is 17.2 Å². The van der Waals surface area contributed by atoms with E-state index in [1.165, 1.54) is 6.33 Å². The van der Waals surface area contributed by atoms with E-state index < -0.39 is 0 Å². The molecule has 0 unspecified atom stereocenters. The van der Waals surface area contributed by atoms with Crippen molar-refractivity contribution in [2.24, 2.45) is 0 Å². The average Bonchev–Trinajstić information content (AvgIpc) is 2.65. The minimum absolute atomic E-state index is 0.216. The normalized spacial score (nSPS) is 10.1. The Hall–Kier alpha value is -3.41. The summed E-state index contributed by atoms with van der Waals surface area (Å²) in [5.74, 6) is 1.61. The molecule has 25 heavy (non-hydrogen) atoms. The lowest BCUT2D eigenvalue weighted by Gasteiger charge is -2.09. The number of carbonyl (C=O) groups is 1. The number of rotatable bonds is 6. The third-order valence-corrected chi connectivity index (χ3v) is 3.38. The first kappa shape index (κ1) is 16.4. The fraction of sp³-hybridized carbons (Fsp3) is 0.105. The van der Waals surface area contributed by atoms with Crippen LogP contribution in [0.2, 0.25) is 0 Å². The molecule has 0 saturated heterocycles. The van der Waals surface area contributed by atoms with Gasteiger partial charge in [0.25, 0.3) is 5.91 Å². The van der Waals surface area contributed by atoms with Crippen LogP contribution in [0.5, 0.6) is 5.75 Å². The number of nitrogens with zero attached hydrogens (tertiary/aromatic N) is 2. The van der Waals surface area contributed by atoms with E-state index in [9.17, 15) is 4.79 Å². The van der Waals surface area contributed by atoms with Crippen molar-refractivity contribution in [3.8, 4) is 5.75 Å². The Morgan fingerprint density at radius 2 is 1.72 bits per heavy atom. The second-order valence-corrected chi connectivity index (χ2v) is 5.19. The molecule has 1 amide bonds. The van der Waals surface area contributed by atoms with Crippen LogP contribution in [0.4, 0.5) is 17.3 Å². The van der Waals surface area contributed by atoms with E-state index in [1.54, 1.807) is 18.2 Å². The van der Waals surface area contributed by atoms with Gasteiger partial charge in [0.1, 0.15) is 23.7 Å². The van der Waals surface area contributed by atoms with E-state index in [0.29, 0.717) is 23.8 Å². The molecule has 0 spiro atoms. The van der Waals surface area contributed by atoms with Gasteiger partial charge in [-0.3, -0.25) is 4.79 Å². The second-order valence-electron chi connectivity index (χ2n) is 5.19. The first-order valence-electron chi connectivity index (χ1n) is 7.93. The predicted octanol–water partition coefficient (Wildman–Crippen LogP) is 3.87. The summed E-state index contributed by atoms with van der Waals surface area (Å²) >= 11 is 0. The maximum Gasteiger partial charge on any atom is 0.256 e. The van der Waals surface area contributed by atoms with Gasteiger partial charge in [0.15, 0.2) is 0 Å². The second kappa shape index (κ2) is 7.92. The molecule has 1 heterocycles. The fourth-order valence-corrected chi connectivity index (χ4v) is 2.22. The zero-order valence-electron chi connectivity index (χ0n) is 13.8. The van der Waals surface area contributed by atoms with Gasteiger partial charge < -0.3 is 15.4 Å². The quantitative estimate of drug-likeness (QED) is 0.715. The molecule has 0 fully saturated rings. The highest BCUT2D eigenvalue weighted by molar-refractivity contribution is 6.03. The number of ether oxygens (including phenoxy) is 1. The Morgan fingerprint density at radius 1 is 1.00 bits per heavy atom. The molecule has 0 atom stereocenters. The molecule has 6 heteroatoms. The Morgan fingerprint density at radius 3 is 2.44 bits per heavy atom. The summed E-state index contributed by atoms with van der Waals surface area (Å²) in [5, 5.41) is 5.93. The van der Waals surface area contributed by atoms with Crippen LogP contribution < -0.4 is 15.4 Å². The van der Waals surface area contributed by atoms with Crippen LogP contribution >= 0.6 is 0 Å². The number of carbonyl (C=O) groups excluding carboxylic acids is 1. The lowest BCUT2D eigenvalue weighted by Crippen LogP contribution is -2.13. The number of benzene rings is 2. The van der Waals surface area contributed by atoms with E-state index in [0.717, 1.165) is 11.4 Å². The van der Waals surface area contributed by atoms with Gasteiger partial charge in [-0.2, -0.15) is 0 Å². The maximum atomic E-state index is 12.2. The topological polar surface area (TPSA) is 76.1 Å². The molecule has 0 aliphatic heterocycles. The summed E-state index contributed by atoms with van der Waals surface area (Å²) in [6.07, 6.45) is 1.40. The Labute approximate surface area is 145 Å². The van der Waals surface area contributed by atoms with Crippen LogP contribution in [0.3, 0.4) is 0 Å². The van der Waals surface area contributed by atoms with Crippen molar-refractivity contribution in [1.29, 1.82) is 0 Å². The van der Waals surface area contributed by atoms with Crippen molar-refractivity contribution in [3.63, 3.8) is 0 Å². The maximum absolute atomic E-state index is 12.2. The molecule has 3 aromatic rings. The SMILES string of the molecule is CCOc1ccc(Nc2cc(NC(=O)c3ccccc3)ncn2)cc1. The van der Waals surface area contributed by atoms with Crippen LogP contribution in [0.25, 0.3) is 0 Å². The highest BCUT2D eigenvalue weighted by Crippen LogP contribution is 2.20. The highest BCUT2D eigenvalue weighted by Gasteiger charge is 2.07. The molecule has 2 aromatic carbocycles. The number of hydrogen-bond acceptors (Lipinski definition) is 5. The van der Waals surface area contributed by atoms with Gasteiger partial charge in [0.05, 0.1) is 6.61 Å². The van der Waals surface area contributed by atoms with Crippen molar-refractivity contribution in [2.45, 2.75) is 6.92 Å². The first-order valence-corrected chi connectivity index (χ1v) is 7.93. The van der Waals surface area contributed by atoms with Crippen LogP contribution in [0.15, 0.2) is 67.0 Å². The molecule has 1 aromatic heterocycles. The highest BCUT2D eigenvalue weighted by atomic mass is 16.5. The van der Waals surface area contributed by atoms with E-state index in [4.69, 9.17) is 4.74 Å². The summed E-state index contributed by atoms with van der Waals surface area (Å²) in [6, 6.07) is 18.2. The third-order valence-electron chi connectivity index (χ3n) is 3.38. The van der Waals surface area contributed by atoms with Crippen LogP contribution in [-0.4, -0.2) is 22.5 Å². The molecular formula is C19H18N4O2. The Kier molecular flexibility index (Phi) is 5.21. The predicted molar refractivity (Wildman–Crippen MR) is 97.3 cm³/mol. The molecule has 0 aliphatic rings. The van der Waals surface area contributed by atoms with Crippen molar-refractivity contribution < 1.29 is 9.53 Å². The minimum atomic E-state index is -0.216. The molecule has 126 valence electrons. The first-order chi connectivity index (χ1) is 12.2. The van der Waals surface area contributed by atoms with E-state index in [-0.39, 0.29) is 5.91 Å². The van der Waals surface area contributed by atoms with Gasteiger partial charge >= 0.3 is 0 Å². The number of amides is 1. The smallest absolute Gasteiger partial charge is 0.256 e. The van der Waals surface area contributed by atoms with E-state index in [2.05, 4.69) is 20.6 Å². The third kappa shape index (κ3) is 4.54. The van der Waals surface area contributed by atoms with Crippen LogP contribution in [0.1, 0.15) is 17.3 Å². The summed E-state index contributed by atoms with van der Waals surface area (Å²) in [5.41, 5.74) is 1.43. The summed E-state index contributed by atoms with van der Waals surface area (Å²) in [7, 11) is 0. The summed E-state index contributed by atoms with van der Waals surface area (Å²) < 4.78 is 5.42. The monoisotopic (exact) mass is 334 g/mol. The van der Waals surface area contributed by atoms with Crippen LogP contribution in [-0.2, 0) is 0 Å². The zero-order valence-corrected chi connectivity index (χ0v) is 13.8. The van der Waals surface area contributed by atoms with E-state index >= 15 is 0 Å². The number of hydrogen-bond donors (Lipinski definition) is 2. The molecule has 6 nitrogen and oxygen atoms in total. The van der Waals surface area contributed by atoms with Gasteiger partial charge in [-0.25, -0.2) is 9.97 Å². The molecule has 0 radical (unpaired) electrons. The van der Waals surface area contributed by atoms with Crippen molar-refractivity contribution in [1.82, 2.24) is 9.97 Å². The number of anilines is 3. The van der Waals surface area contributed by atoms with Crippen molar-refractivity contribution >= 4 is 23.2 Å². The van der Waals surface area contributed by atoms with Gasteiger partial charge in [-0.15, -0.1) is 0 Å². The molecule has 2 N–H and O–H groups in total. The lowest BCUT2D eigenvalue weighted by atomic mass is 10.2. The lowest BCUT2D eigenvalue weighted by molar-refractivity contribution is 0.102. The Balaban J connectivity index is 1.68. The van der Waals surface area contributed by atoms with Gasteiger partial charge in [-0.05, 0) is 43.3 Å². The molecule has 0 aliphatic carbocycles.